The number of allylic oxidation sites excluding steroid dienone is 1. The van der Waals surface area contributed by atoms with Crippen LogP contribution in [-0.4, -0.2) is 32.8 Å². The van der Waals surface area contributed by atoms with E-state index in [9.17, 15) is 4.79 Å². The van der Waals surface area contributed by atoms with Gasteiger partial charge in [-0.3, -0.25) is 0 Å². The second-order valence-electron chi connectivity index (χ2n) is 9.11. The third-order valence-corrected chi connectivity index (χ3v) is 5.79. The van der Waals surface area contributed by atoms with Crippen LogP contribution in [0, 0.1) is 6.92 Å². The molecule has 5 heteroatoms. The molecule has 3 aromatic carbocycles. The van der Waals surface area contributed by atoms with Crippen LogP contribution in [0.25, 0.3) is 22.3 Å². The number of nitrogens with one attached hydrogen (secondary N) is 2. The van der Waals surface area contributed by atoms with E-state index >= 15 is 0 Å². The van der Waals surface area contributed by atoms with Crippen molar-refractivity contribution in [2.24, 2.45) is 0 Å². The Kier molecular flexibility index (Phi) is 8.58. The Morgan fingerprint density at radius 2 is 1.54 bits per heavy atom. The SMILES string of the molecule is COC(=O)c1c(-c2ccc(NCC=C(C)C)cc2)cc(OC)c(-c2ccc(NC(C)C)cc2)c1C. The molecule has 0 spiro atoms. The number of carbonyl (C=O) groups is 1. The molecule has 3 rings (SSSR count). The molecular weight excluding hydrogens is 436 g/mol. The highest BCUT2D eigenvalue weighted by Gasteiger charge is 2.23. The lowest BCUT2D eigenvalue weighted by atomic mass is 9.88. The Bertz CT molecular complexity index is 1190. The molecule has 3 aromatic rings. The first-order valence-corrected chi connectivity index (χ1v) is 11.9. The van der Waals surface area contributed by atoms with Crippen LogP contribution in [0.1, 0.15) is 43.6 Å². The third-order valence-electron chi connectivity index (χ3n) is 5.79. The number of ether oxygens (including phenoxy) is 2. The molecule has 0 unspecified atom stereocenters. The second-order valence-corrected chi connectivity index (χ2v) is 9.11. The zero-order valence-electron chi connectivity index (χ0n) is 21.8. The first-order valence-electron chi connectivity index (χ1n) is 11.9. The Morgan fingerprint density at radius 3 is 2.09 bits per heavy atom. The molecule has 0 fully saturated rings. The summed E-state index contributed by atoms with van der Waals surface area (Å²) in [7, 11) is 3.07. The van der Waals surface area contributed by atoms with Crippen molar-refractivity contribution < 1.29 is 14.3 Å². The molecule has 0 saturated carbocycles. The zero-order valence-corrected chi connectivity index (χ0v) is 21.8. The molecule has 5 nitrogen and oxygen atoms in total. The quantitative estimate of drug-likeness (QED) is 0.252. The molecule has 0 aromatic heterocycles. The highest BCUT2D eigenvalue weighted by molar-refractivity contribution is 6.02. The van der Waals surface area contributed by atoms with Gasteiger partial charge in [-0.2, -0.15) is 0 Å². The second kappa shape index (κ2) is 11.6. The average Bonchev–Trinajstić information content (AvgIpc) is 2.83. The fraction of sp³-hybridized carbons (Fsp3) is 0.300. The summed E-state index contributed by atoms with van der Waals surface area (Å²) in [5.41, 5.74) is 8.25. The van der Waals surface area contributed by atoms with E-state index in [1.807, 2.05) is 61.5 Å². The summed E-state index contributed by atoms with van der Waals surface area (Å²) in [4.78, 5) is 13.0. The summed E-state index contributed by atoms with van der Waals surface area (Å²) in [6, 6.07) is 18.5. The van der Waals surface area contributed by atoms with Gasteiger partial charge >= 0.3 is 5.97 Å². The summed E-state index contributed by atoms with van der Waals surface area (Å²) in [6.07, 6.45) is 2.14. The monoisotopic (exact) mass is 472 g/mol. The normalized spacial score (nSPS) is 10.6. The van der Waals surface area contributed by atoms with E-state index in [1.54, 1.807) is 7.11 Å². The summed E-state index contributed by atoms with van der Waals surface area (Å²) in [6.45, 7) is 11.1. The van der Waals surface area contributed by atoms with E-state index in [2.05, 4.69) is 44.4 Å². The van der Waals surface area contributed by atoms with Gasteiger partial charge < -0.3 is 20.1 Å². The molecule has 0 aliphatic carbocycles. The molecule has 0 radical (unpaired) electrons. The lowest BCUT2D eigenvalue weighted by Gasteiger charge is -2.20. The highest BCUT2D eigenvalue weighted by atomic mass is 16.5. The number of rotatable bonds is 9. The molecule has 0 saturated heterocycles. The van der Waals surface area contributed by atoms with Crippen LogP contribution in [0.4, 0.5) is 11.4 Å². The van der Waals surface area contributed by atoms with Crippen LogP contribution in [0.5, 0.6) is 5.75 Å². The molecule has 0 heterocycles. The summed E-state index contributed by atoms with van der Waals surface area (Å²) in [5, 5.41) is 6.79. The van der Waals surface area contributed by atoms with Gasteiger partial charge in [0.15, 0.2) is 0 Å². The maximum atomic E-state index is 13.0. The van der Waals surface area contributed by atoms with Crippen molar-refractivity contribution in [3.8, 4) is 28.0 Å². The van der Waals surface area contributed by atoms with Crippen LogP contribution < -0.4 is 15.4 Å². The predicted octanol–water partition coefficient (Wildman–Crippen LogP) is 7.32. The smallest absolute Gasteiger partial charge is 0.338 e. The first-order chi connectivity index (χ1) is 16.7. The molecule has 0 aliphatic rings. The van der Waals surface area contributed by atoms with Crippen LogP contribution >= 0.6 is 0 Å². The van der Waals surface area contributed by atoms with Crippen LogP contribution in [0.15, 0.2) is 66.2 Å². The van der Waals surface area contributed by atoms with Crippen molar-refractivity contribution in [3.63, 3.8) is 0 Å². The first kappa shape index (κ1) is 25.9. The minimum Gasteiger partial charge on any atom is -0.496 e. The van der Waals surface area contributed by atoms with Gasteiger partial charge in [-0.15, -0.1) is 0 Å². The van der Waals surface area contributed by atoms with E-state index in [4.69, 9.17) is 9.47 Å². The van der Waals surface area contributed by atoms with Crippen LogP contribution in [-0.2, 0) is 4.74 Å². The van der Waals surface area contributed by atoms with Gasteiger partial charge in [0.2, 0.25) is 0 Å². The molecule has 0 amide bonds. The third kappa shape index (κ3) is 6.24. The number of anilines is 2. The molecule has 0 atom stereocenters. The molecule has 2 N–H and O–H groups in total. The van der Waals surface area contributed by atoms with Crippen molar-refractivity contribution in [1.29, 1.82) is 0 Å². The Morgan fingerprint density at radius 1 is 0.943 bits per heavy atom. The molecule has 0 bridgehead atoms. The van der Waals surface area contributed by atoms with E-state index in [1.165, 1.54) is 12.7 Å². The zero-order chi connectivity index (χ0) is 25.5. The Hall–Kier alpha value is -3.73. The lowest BCUT2D eigenvalue weighted by molar-refractivity contribution is 0.0601. The fourth-order valence-corrected chi connectivity index (χ4v) is 4.11. The lowest BCUT2D eigenvalue weighted by Crippen LogP contribution is -2.10. The minimum atomic E-state index is -0.370. The standard InChI is InChI=1S/C30H36N2O3/c1-19(2)16-17-31-24-12-8-22(9-13-24)26-18-27(34-6)28(21(5)29(26)30(33)35-7)23-10-14-25(15-11-23)32-20(3)4/h8-16,18,20,31-32H,17H2,1-7H3. The maximum Gasteiger partial charge on any atom is 0.338 e. The van der Waals surface area contributed by atoms with Gasteiger partial charge in [0.25, 0.3) is 0 Å². The van der Waals surface area contributed by atoms with E-state index < -0.39 is 0 Å². The van der Waals surface area contributed by atoms with Crippen molar-refractivity contribution in [3.05, 3.63) is 77.4 Å². The minimum absolute atomic E-state index is 0.344. The largest absolute Gasteiger partial charge is 0.496 e. The predicted molar refractivity (Wildman–Crippen MR) is 147 cm³/mol. The Labute approximate surface area is 209 Å². The van der Waals surface area contributed by atoms with Crippen LogP contribution in [0.3, 0.4) is 0 Å². The van der Waals surface area contributed by atoms with Crippen molar-refractivity contribution >= 4 is 17.3 Å². The number of benzene rings is 3. The van der Waals surface area contributed by atoms with Gasteiger partial charge in [0, 0.05) is 35.1 Å². The summed E-state index contributed by atoms with van der Waals surface area (Å²) in [5.74, 6) is 0.339. The average molecular weight is 473 g/mol. The highest BCUT2D eigenvalue weighted by Crippen LogP contribution is 2.41. The van der Waals surface area contributed by atoms with Crippen LogP contribution in [0.2, 0.25) is 0 Å². The number of methoxy groups -OCH3 is 2. The van der Waals surface area contributed by atoms with Crippen molar-refractivity contribution in [2.45, 2.75) is 40.7 Å². The van der Waals surface area contributed by atoms with Crippen molar-refractivity contribution in [1.82, 2.24) is 0 Å². The molecule has 0 aliphatic heterocycles. The van der Waals surface area contributed by atoms with Gasteiger partial charge in [-0.1, -0.05) is 35.9 Å². The maximum absolute atomic E-state index is 13.0. The Balaban J connectivity index is 2.07. The number of hydrogen-bond acceptors (Lipinski definition) is 5. The number of carbonyl (C=O) groups excluding carboxylic acids is 1. The summed E-state index contributed by atoms with van der Waals surface area (Å²) >= 11 is 0. The fourth-order valence-electron chi connectivity index (χ4n) is 4.11. The van der Waals surface area contributed by atoms with Gasteiger partial charge in [-0.25, -0.2) is 4.79 Å². The number of esters is 1. The van der Waals surface area contributed by atoms with E-state index in [0.29, 0.717) is 17.4 Å². The molecule has 184 valence electrons. The van der Waals surface area contributed by atoms with E-state index in [0.717, 1.165) is 45.7 Å². The molecular formula is C30H36N2O3. The summed E-state index contributed by atoms with van der Waals surface area (Å²) < 4.78 is 11.0. The van der Waals surface area contributed by atoms with Gasteiger partial charge in [-0.05, 0) is 81.6 Å². The van der Waals surface area contributed by atoms with Gasteiger partial charge in [0.05, 0.1) is 19.8 Å². The topological polar surface area (TPSA) is 59.6 Å². The number of hydrogen-bond donors (Lipinski definition) is 2. The van der Waals surface area contributed by atoms with Gasteiger partial charge in [0.1, 0.15) is 5.75 Å². The van der Waals surface area contributed by atoms with E-state index in [-0.39, 0.29) is 5.97 Å². The van der Waals surface area contributed by atoms with Crippen molar-refractivity contribution in [2.75, 3.05) is 31.4 Å². The molecule has 35 heavy (non-hydrogen) atoms.